The van der Waals surface area contributed by atoms with Crippen LogP contribution in [0.15, 0.2) is 90.3 Å². The molecule has 1 aromatic heterocycles. The second-order valence-electron chi connectivity index (χ2n) is 9.06. The minimum Gasteiger partial charge on any atom is -0.377 e. The lowest BCUT2D eigenvalue weighted by molar-refractivity contribution is 0.0674. The van der Waals surface area contributed by atoms with E-state index >= 15 is 0 Å². The van der Waals surface area contributed by atoms with Crippen molar-refractivity contribution < 1.29 is 9.59 Å². The van der Waals surface area contributed by atoms with Crippen molar-refractivity contribution in [2.45, 2.75) is 26.4 Å². The molecule has 0 aliphatic carbocycles. The number of benzene rings is 3. The molecule has 0 spiro atoms. The number of nitrogens with one attached hydrogen (secondary N) is 1. The Balaban J connectivity index is 1.71. The van der Waals surface area contributed by atoms with Crippen LogP contribution in [-0.4, -0.2) is 30.8 Å². The molecule has 4 rings (SSSR count). The number of aryl methyl sites for hydroxylation is 1. The SMILES string of the molecule is Cc1cccc(C(=O)N(Cc2cc(NC(=O)c3cccs3)ccc2N(C)C)C(C)c2ccccc2)c1. The molecule has 0 bridgehead atoms. The number of hydrogen-bond donors (Lipinski definition) is 1. The normalized spacial score (nSPS) is 11.6. The summed E-state index contributed by atoms with van der Waals surface area (Å²) in [5, 5.41) is 4.89. The summed E-state index contributed by atoms with van der Waals surface area (Å²) in [7, 11) is 3.96. The lowest BCUT2D eigenvalue weighted by Gasteiger charge is -2.32. The van der Waals surface area contributed by atoms with Crippen LogP contribution in [0.3, 0.4) is 0 Å². The zero-order valence-corrected chi connectivity index (χ0v) is 21.9. The third kappa shape index (κ3) is 5.83. The molecule has 2 amide bonds. The topological polar surface area (TPSA) is 52.7 Å². The van der Waals surface area contributed by atoms with Gasteiger partial charge in [0.05, 0.1) is 10.9 Å². The summed E-state index contributed by atoms with van der Waals surface area (Å²) in [5.41, 5.74) is 5.40. The van der Waals surface area contributed by atoms with Gasteiger partial charge in [0.25, 0.3) is 11.8 Å². The molecule has 0 aliphatic heterocycles. The van der Waals surface area contributed by atoms with Crippen LogP contribution in [0, 0.1) is 6.92 Å². The predicted molar refractivity (Wildman–Crippen MR) is 149 cm³/mol. The lowest BCUT2D eigenvalue weighted by Crippen LogP contribution is -2.34. The summed E-state index contributed by atoms with van der Waals surface area (Å²) in [6.45, 7) is 4.44. The Kier molecular flexibility index (Phi) is 7.86. The summed E-state index contributed by atoms with van der Waals surface area (Å²) in [6.07, 6.45) is 0. The average Bonchev–Trinajstić information content (AvgIpc) is 3.42. The van der Waals surface area contributed by atoms with Crippen LogP contribution in [0.25, 0.3) is 0 Å². The maximum absolute atomic E-state index is 13.9. The van der Waals surface area contributed by atoms with E-state index in [-0.39, 0.29) is 17.9 Å². The van der Waals surface area contributed by atoms with Crippen LogP contribution in [0.5, 0.6) is 0 Å². The van der Waals surface area contributed by atoms with E-state index in [0.717, 1.165) is 22.4 Å². The summed E-state index contributed by atoms with van der Waals surface area (Å²) >= 11 is 1.40. The first kappa shape index (κ1) is 25.2. The summed E-state index contributed by atoms with van der Waals surface area (Å²) in [5.74, 6) is -0.174. The molecular weight excluding hydrogens is 466 g/mol. The number of carbonyl (C=O) groups excluding carboxylic acids is 2. The predicted octanol–water partition coefficient (Wildman–Crippen LogP) is 6.78. The molecule has 1 atom stereocenters. The molecule has 0 aliphatic rings. The molecule has 0 radical (unpaired) electrons. The fraction of sp³-hybridized carbons (Fsp3) is 0.200. The van der Waals surface area contributed by atoms with Crippen molar-refractivity contribution in [1.82, 2.24) is 4.90 Å². The van der Waals surface area contributed by atoms with E-state index in [4.69, 9.17) is 0 Å². The van der Waals surface area contributed by atoms with E-state index in [0.29, 0.717) is 22.7 Å². The van der Waals surface area contributed by atoms with Gasteiger partial charge in [0.2, 0.25) is 0 Å². The molecule has 184 valence electrons. The molecule has 0 fully saturated rings. The van der Waals surface area contributed by atoms with Gasteiger partial charge in [-0.3, -0.25) is 9.59 Å². The number of amides is 2. The van der Waals surface area contributed by atoms with Crippen LogP contribution in [0.2, 0.25) is 0 Å². The van der Waals surface area contributed by atoms with Crippen molar-refractivity contribution in [2.75, 3.05) is 24.3 Å². The number of rotatable bonds is 8. The molecule has 1 unspecified atom stereocenters. The Morgan fingerprint density at radius 3 is 2.36 bits per heavy atom. The van der Waals surface area contributed by atoms with Crippen molar-refractivity contribution in [3.05, 3.63) is 117 Å². The van der Waals surface area contributed by atoms with Crippen molar-refractivity contribution >= 4 is 34.5 Å². The van der Waals surface area contributed by atoms with E-state index in [1.165, 1.54) is 11.3 Å². The smallest absolute Gasteiger partial charge is 0.265 e. The highest BCUT2D eigenvalue weighted by Gasteiger charge is 2.25. The quantitative estimate of drug-likeness (QED) is 0.292. The van der Waals surface area contributed by atoms with Gasteiger partial charge in [0.15, 0.2) is 0 Å². The van der Waals surface area contributed by atoms with Gasteiger partial charge in [-0.25, -0.2) is 0 Å². The summed E-state index contributed by atoms with van der Waals surface area (Å²) in [4.78, 5) is 31.1. The zero-order valence-electron chi connectivity index (χ0n) is 21.1. The van der Waals surface area contributed by atoms with Crippen molar-refractivity contribution in [3.8, 4) is 0 Å². The van der Waals surface area contributed by atoms with Crippen LogP contribution >= 0.6 is 11.3 Å². The Hall–Kier alpha value is -3.90. The standard InChI is InChI=1S/C30H31N3O2S/c1-21-10-8-13-24(18-21)30(35)33(22(2)23-11-6-5-7-12-23)20-25-19-26(15-16-27(25)32(3)4)31-29(34)28-14-9-17-36-28/h5-19,22H,20H2,1-4H3,(H,31,34). The highest BCUT2D eigenvalue weighted by molar-refractivity contribution is 7.12. The van der Waals surface area contributed by atoms with Crippen LogP contribution in [-0.2, 0) is 6.54 Å². The van der Waals surface area contributed by atoms with Gasteiger partial charge in [-0.2, -0.15) is 0 Å². The molecule has 6 heteroatoms. The largest absolute Gasteiger partial charge is 0.377 e. The lowest BCUT2D eigenvalue weighted by atomic mass is 10.0. The van der Waals surface area contributed by atoms with Gasteiger partial charge in [0, 0.05) is 37.6 Å². The Morgan fingerprint density at radius 1 is 0.917 bits per heavy atom. The van der Waals surface area contributed by atoms with Crippen LogP contribution in [0.4, 0.5) is 11.4 Å². The number of anilines is 2. The highest BCUT2D eigenvalue weighted by Crippen LogP contribution is 2.30. The second-order valence-corrected chi connectivity index (χ2v) is 10.0. The minimum atomic E-state index is -0.154. The number of carbonyl (C=O) groups is 2. The summed E-state index contributed by atoms with van der Waals surface area (Å²) < 4.78 is 0. The first-order chi connectivity index (χ1) is 17.3. The Bertz CT molecular complexity index is 1330. The summed E-state index contributed by atoms with van der Waals surface area (Å²) in [6, 6.07) is 27.1. The zero-order chi connectivity index (χ0) is 25.7. The van der Waals surface area contributed by atoms with Crippen molar-refractivity contribution in [3.63, 3.8) is 0 Å². The first-order valence-corrected chi connectivity index (χ1v) is 12.8. The number of nitrogens with zero attached hydrogens (tertiary/aromatic N) is 2. The number of thiophene rings is 1. The Labute approximate surface area is 217 Å². The van der Waals surface area contributed by atoms with E-state index in [1.807, 2.05) is 115 Å². The third-order valence-electron chi connectivity index (χ3n) is 6.18. The van der Waals surface area contributed by atoms with Crippen molar-refractivity contribution in [2.24, 2.45) is 0 Å². The minimum absolute atomic E-state index is 0.0345. The van der Waals surface area contributed by atoms with Gasteiger partial charge in [-0.05, 0) is 66.8 Å². The monoisotopic (exact) mass is 497 g/mol. The highest BCUT2D eigenvalue weighted by atomic mass is 32.1. The van der Waals surface area contributed by atoms with Gasteiger partial charge < -0.3 is 15.1 Å². The van der Waals surface area contributed by atoms with Gasteiger partial charge in [0.1, 0.15) is 0 Å². The Morgan fingerprint density at radius 2 is 1.69 bits per heavy atom. The molecule has 1 N–H and O–H groups in total. The van der Waals surface area contributed by atoms with Crippen LogP contribution in [0.1, 0.15) is 49.7 Å². The van der Waals surface area contributed by atoms with Crippen molar-refractivity contribution in [1.29, 1.82) is 0 Å². The molecule has 0 saturated heterocycles. The molecule has 36 heavy (non-hydrogen) atoms. The average molecular weight is 498 g/mol. The fourth-order valence-electron chi connectivity index (χ4n) is 4.25. The molecule has 3 aromatic carbocycles. The third-order valence-corrected chi connectivity index (χ3v) is 7.05. The van der Waals surface area contributed by atoms with Gasteiger partial charge in [-0.1, -0.05) is 54.1 Å². The molecule has 0 saturated carbocycles. The second kappa shape index (κ2) is 11.2. The fourth-order valence-corrected chi connectivity index (χ4v) is 4.87. The van der Waals surface area contributed by atoms with E-state index in [1.54, 1.807) is 6.07 Å². The number of hydrogen-bond acceptors (Lipinski definition) is 4. The molecule has 1 heterocycles. The molecular formula is C30H31N3O2S. The maximum atomic E-state index is 13.9. The van der Waals surface area contributed by atoms with Crippen LogP contribution < -0.4 is 10.2 Å². The molecule has 5 nitrogen and oxygen atoms in total. The molecule has 4 aromatic rings. The van der Waals surface area contributed by atoms with E-state index in [9.17, 15) is 9.59 Å². The van der Waals surface area contributed by atoms with Gasteiger partial charge >= 0.3 is 0 Å². The maximum Gasteiger partial charge on any atom is 0.265 e. The van der Waals surface area contributed by atoms with Gasteiger partial charge in [-0.15, -0.1) is 11.3 Å². The first-order valence-electron chi connectivity index (χ1n) is 11.9. The van der Waals surface area contributed by atoms with E-state index in [2.05, 4.69) is 12.2 Å². The van der Waals surface area contributed by atoms with E-state index < -0.39 is 0 Å².